The molecule has 2 amide bonds. The largest absolute Gasteiger partial charge is 0.451 e. The molecule has 2 aliphatic carbocycles. The van der Waals surface area contributed by atoms with Crippen molar-refractivity contribution in [2.75, 3.05) is 5.75 Å². The van der Waals surface area contributed by atoms with Crippen LogP contribution >= 0.6 is 10.6 Å². The van der Waals surface area contributed by atoms with Crippen molar-refractivity contribution >= 4 is 33.4 Å². The van der Waals surface area contributed by atoms with Gasteiger partial charge in [-0.2, -0.15) is 15.9 Å². The van der Waals surface area contributed by atoms with Crippen LogP contribution in [0, 0.1) is 11.3 Å². The van der Waals surface area contributed by atoms with E-state index < -0.39 is 52.2 Å². The summed E-state index contributed by atoms with van der Waals surface area (Å²) in [7, 11) is -2.73. The highest BCUT2D eigenvalue weighted by Gasteiger charge is 2.53. The number of nitrogens with one attached hydrogen (secondary N) is 2. The summed E-state index contributed by atoms with van der Waals surface area (Å²) in [5, 5.41) is 15.4. The normalized spacial score (nSPS) is 22.3. The number of amides is 2. The third kappa shape index (κ3) is 4.67. The number of benzene rings is 2. The molecule has 0 radical (unpaired) electrons. The maximum absolute atomic E-state index is 14.0. The Morgan fingerprint density at radius 1 is 0.949 bits per heavy atom. The number of furan rings is 1. The van der Waals surface area contributed by atoms with Crippen molar-refractivity contribution in [1.29, 1.82) is 5.26 Å². The van der Waals surface area contributed by atoms with E-state index in [1.54, 1.807) is 18.2 Å². The molecule has 0 unspecified atom stereocenters. The summed E-state index contributed by atoms with van der Waals surface area (Å²) in [6.45, 7) is 0. The van der Waals surface area contributed by atoms with Gasteiger partial charge in [-0.3, -0.25) is 18.7 Å². The highest BCUT2D eigenvalue weighted by Crippen LogP contribution is 2.55. The Morgan fingerprint density at radius 2 is 1.64 bits per heavy atom. The Kier molecular flexibility index (Phi) is 5.81. The molecule has 3 aliphatic rings. The number of nitriles is 1. The second-order valence-electron chi connectivity index (χ2n) is 10.8. The van der Waals surface area contributed by atoms with E-state index in [2.05, 4.69) is 16.7 Å². The number of carbonyl (C=O) groups excluding carboxylic acids is 2. The van der Waals surface area contributed by atoms with Crippen molar-refractivity contribution < 1.29 is 31.9 Å². The molecular weight excluding hydrogens is 528 g/mol. The van der Waals surface area contributed by atoms with Gasteiger partial charge in [0, 0.05) is 24.0 Å². The van der Waals surface area contributed by atoms with Crippen LogP contribution in [0.25, 0.3) is 22.1 Å². The number of fused-ring (bicyclic) bond motifs is 2. The van der Waals surface area contributed by atoms with E-state index in [9.17, 15) is 32.7 Å². The molecule has 2 saturated carbocycles. The van der Waals surface area contributed by atoms with Gasteiger partial charge in [0.2, 0.25) is 11.8 Å². The molecule has 0 atom stereocenters. The quantitative estimate of drug-likeness (QED) is 0.323. The Labute approximate surface area is 224 Å². The predicted octanol–water partition coefficient (Wildman–Crippen LogP) is 5.62. The van der Waals surface area contributed by atoms with Gasteiger partial charge in [-0.1, -0.05) is 18.2 Å². The van der Waals surface area contributed by atoms with Crippen LogP contribution in [0.1, 0.15) is 54.6 Å². The first-order valence-electron chi connectivity index (χ1n) is 12.8. The van der Waals surface area contributed by atoms with Gasteiger partial charge in [0.1, 0.15) is 16.7 Å². The fourth-order valence-electron chi connectivity index (χ4n) is 5.42. The van der Waals surface area contributed by atoms with Gasteiger partial charge in [-0.15, -0.1) is 0 Å². The SMILES string of the molecule is N#CC1(NC(=O)C2(NC(=O)c3cc4ccc(-c5ccc6c(c5)CCS6(O)O)cc4o3)CCC(F)(F)CC2)CC1. The zero-order chi connectivity index (χ0) is 27.6. The number of aryl methyl sites for hydroxylation is 1. The standard InChI is InChI=1S/C28H27F2N3O5S/c29-28(30)10-8-27(9-11-28,25(35)33-26(16-31)6-7-26)32-24(34)22-15-19-2-1-18(14-21(19)38-22)17-3-4-23-20(13-17)5-12-39(23,36)37/h1-4,13-15,36-37H,5-12H2,(H,32,34)(H,33,35). The molecule has 0 bridgehead atoms. The molecule has 2 aromatic carbocycles. The molecule has 4 N–H and O–H groups in total. The number of rotatable bonds is 5. The summed E-state index contributed by atoms with van der Waals surface area (Å²) in [6, 6.07) is 14.5. The van der Waals surface area contributed by atoms with E-state index in [0.717, 1.165) is 16.7 Å². The topological polar surface area (TPSA) is 136 Å². The summed E-state index contributed by atoms with van der Waals surface area (Å²) >= 11 is 0. The van der Waals surface area contributed by atoms with Crippen molar-refractivity contribution in [2.45, 2.75) is 66.8 Å². The molecule has 11 heteroatoms. The molecule has 204 valence electrons. The first-order valence-corrected chi connectivity index (χ1v) is 14.5. The first kappa shape index (κ1) is 25.8. The lowest BCUT2D eigenvalue weighted by Gasteiger charge is -2.39. The number of halogens is 2. The lowest BCUT2D eigenvalue weighted by atomic mass is 9.78. The zero-order valence-electron chi connectivity index (χ0n) is 20.9. The molecule has 2 fully saturated rings. The fourth-order valence-corrected chi connectivity index (χ4v) is 7.01. The summed E-state index contributed by atoms with van der Waals surface area (Å²) in [6.07, 6.45) is -0.0882. The molecule has 2 heterocycles. The average Bonchev–Trinajstić information content (AvgIpc) is 3.43. The summed E-state index contributed by atoms with van der Waals surface area (Å²) in [5.74, 6) is -3.99. The molecule has 6 rings (SSSR count). The third-order valence-corrected chi connectivity index (χ3v) is 9.96. The first-order chi connectivity index (χ1) is 18.4. The lowest BCUT2D eigenvalue weighted by Crippen LogP contribution is -2.62. The van der Waals surface area contributed by atoms with Gasteiger partial charge in [-0.05, 0) is 73.1 Å². The van der Waals surface area contributed by atoms with Crippen molar-refractivity contribution in [3.63, 3.8) is 0 Å². The predicted molar refractivity (Wildman–Crippen MR) is 141 cm³/mol. The minimum Gasteiger partial charge on any atom is -0.451 e. The fraction of sp³-hybridized carbons (Fsp3) is 0.393. The highest BCUT2D eigenvalue weighted by molar-refractivity contribution is 8.24. The number of hydrogen-bond donors (Lipinski definition) is 4. The molecule has 8 nitrogen and oxygen atoms in total. The Morgan fingerprint density at radius 3 is 2.33 bits per heavy atom. The summed E-state index contributed by atoms with van der Waals surface area (Å²) in [5.41, 5.74) is 0.415. The monoisotopic (exact) mass is 555 g/mol. The lowest BCUT2D eigenvalue weighted by molar-refractivity contribution is -0.133. The molecule has 0 saturated heterocycles. The smallest absolute Gasteiger partial charge is 0.287 e. The van der Waals surface area contributed by atoms with Gasteiger partial charge >= 0.3 is 0 Å². The minimum atomic E-state index is -2.93. The summed E-state index contributed by atoms with van der Waals surface area (Å²) in [4.78, 5) is 27.1. The number of nitrogens with zero attached hydrogens (tertiary/aromatic N) is 1. The third-order valence-electron chi connectivity index (χ3n) is 8.09. The molecular formula is C28H27F2N3O5S. The molecule has 1 aromatic heterocycles. The second kappa shape index (κ2) is 8.78. The summed E-state index contributed by atoms with van der Waals surface area (Å²) < 4.78 is 54.2. The molecule has 1 aliphatic heterocycles. The molecule has 0 spiro atoms. The van der Waals surface area contributed by atoms with Crippen LogP contribution in [0.15, 0.2) is 51.8 Å². The maximum Gasteiger partial charge on any atom is 0.287 e. The number of hydrogen-bond acceptors (Lipinski definition) is 6. The minimum absolute atomic E-state index is 0.0593. The van der Waals surface area contributed by atoms with Gasteiger partial charge in [-0.25, -0.2) is 8.78 Å². The van der Waals surface area contributed by atoms with Crippen LogP contribution in [-0.2, 0) is 11.2 Å². The number of carbonyl (C=O) groups is 2. The van der Waals surface area contributed by atoms with Crippen LogP contribution in [0.2, 0.25) is 0 Å². The van der Waals surface area contributed by atoms with Gasteiger partial charge in [0.15, 0.2) is 5.76 Å². The van der Waals surface area contributed by atoms with Gasteiger partial charge in [0.05, 0.1) is 11.0 Å². The van der Waals surface area contributed by atoms with E-state index in [-0.39, 0.29) is 18.6 Å². The average molecular weight is 556 g/mol. The van der Waals surface area contributed by atoms with Crippen molar-refractivity contribution in [2.24, 2.45) is 0 Å². The van der Waals surface area contributed by atoms with Crippen LogP contribution in [0.4, 0.5) is 8.78 Å². The van der Waals surface area contributed by atoms with E-state index >= 15 is 0 Å². The second-order valence-corrected chi connectivity index (χ2v) is 13.0. The zero-order valence-corrected chi connectivity index (χ0v) is 21.7. The maximum atomic E-state index is 14.0. The Hall–Kier alpha value is -3.46. The number of alkyl halides is 2. The van der Waals surface area contributed by atoms with E-state index in [0.29, 0.717) is 40.9 Å². The van der Waals surface area contributed by atoms with E-state index in [1.807, 2.05) is 18.2 Å². The van der Waals surface area contributed by atoms with Crippen molar-refractivity contribution in [1.82, 2.24) is 10.6 Å². The van der Waals surface area contributed by atoms with Crippen molar-refractivity contribution in [3.8, 4) is 17.2 Å². The van der Waals surface area contributed by atoms with Crippen LogP contribution in [0.5, 0.6) is 0 Å². The Balaban J connectivity index is 1.25. The van der Waals surface area contributed by atoms with Gasteiger partial charge < -0.3 is 15.1 Å². The highest BCUT2D eigenvalue weighted by atomic mass is 32.3. The molecule has 3 aromatic rings. The van der Waals surface area contributed by atoms with Crippen LogP contribution < -0.4 is 10.6 Å². The molecule has 39 heavy (non-hydrogen) atoms. The van der Waals surface area contributed by atoms with E-state index in [1.165, 1.54) is 6.07 Å². The van der Waals surface area contributed by atoms with Crippen LogP contribution in [-0.4, -0.2) is 43.7 Å². The van der Waals surface area contributed by atoms with Crippen LogP contribution in [0.3, 0.4) is 0 Å². The van der Waals surface area contributed by atoms with E-state index in [4.69, 9.17) is 4.42 Å². The van der Waals surface area contributed by atoms with Gasteiger partial charge in [0.25, 0.3) is 5.91 Å². The Bertz CT molecular complexity index is 1550. The van der Waals surface area contributed by atoms with Crippen molar-refractivity contribution in [3.05, 3.63) is 53.8 Å².